The van der Waals surface area contributed by atoms with Gasteiger partial charge in [0.05, 0.1) is 27.4 Å². The average Bonchev–Trinajstić information content (AvgIpc) is 2.53. The van der Waals surface area contributed by atoms with Crippen LogP contribution in [-0.2, 0) is 0 Å². The van der Waals surface area contributed by atoms with Crippen molar-refractivity contribution in [1.29, 1.82) is 0 Å². The van der Waals surface area contributed by atoms with E-state index in [-0.39, 0.29) is 0 Å². The summed E-state index contributed by atoms with van der Waals surface area (Å²) in [7, 11) is 4.68. The van der Waals surface area contributed by atoms with Crippen molar-refractivity contribution in [2.75, 3.05) is 21.3 Å². The lowest BCUT2D eigenvalue weighted by Gasteiger charge is -2.18. The SMILES string of the molecule is COc1cccc(C(N)c2nccnc2OC)c1OC. The summed E-state index contributed by atoms with van der Waals surface area (Å²) < 4.78 is 15.9. The Morgan fingerprint density at radius 1 is 1.00 bits per heavy atom. The van der Waals surface area contributed by atoms with Crippen molar-refractivity contribution in [2.24, 2.45) is 5.73 Å². The molecule has 0 aliphatic carbocycles. The molecule has 106 valence electrons. The molecule has 6 nitrogen and oxygen atoms in total. The summed E-state index contributed by atoms with van der Waals surface area (Å²) >= 11 is 0. The lowest BCUT2D eigenvalue weighted by atomic mass is 10.0. The number of nitrogens with zero attached hydrogens (tertiary/aromatic N) is 2. The van der Waals surface area contributed by atoms with E-state index in [4.69, 9.17) is 19.9 Å². The number of nitrogens with two attached hydrogens (primary N) is 1. The molecule has 0 bridgehead atoms. The number of aromatic nitrogens is 2. The molecule has 0 amide bonds. The highest BCUT2D eigenvalue weighted by atomic mass is 16.5. The molecule has 20 heavy (non-hydrogen) atoms. The molecule has 0 radical (unpaired) electrons. The minimum Gasteiger partial charge on any atom is -0.493 e. The highest BCUT2D eigenvalue weighted by Gasteiger charge is 2.22. The van der Waals surface area contributed by atoms with Gasteiger partial charge in [0.15, 0.2) is 11.5 Å². The first-order chi connectivity index (χ1) is 9.72. The summed E-state index contributed by atoms with van der Waals surface area (Å²) in [5.41, 5.74) is 7.57. The van der Waals surface area contributed by atoms with Gasteiger partial charge in [-0.25, -0.2) is 4.98 Å². The van der Waals surface area contributed by atoms with Crippen LogP contribution in [0.4, 0.5) is 0 Å². The van der Waals surface area contributed by atoms with Crippen LogP contribution >= 0.6 is 0 Å². The first-order valence-corrected chi connectivity index (χ1v) is 6.04. The zero-order valence-corrected chi connectivity index (χ0v) is 11.7. The molecule has 6 heteroatoms. The van der Waals surface area contributed by atoms with Gasteiger partial charge in [0.25, 0.3) is 0 Å². The number of hydrogen-bond donors (Lipinski definition) is 1. The Labute approximate surface area is 117 Å². The van der Waals surface area contributed by atoms with E-state index in [2.05, 4.69) is 9.97 Å². The minimum atomic E-state index is -0.524. The van der Waals surface area contributed by atoms with Gasteiger partial charge in [0.2, 0.25) is 5.88 Å². The van der Waals surface area contributed by atoms with Crippen molar-refractivity contribution in [3.63, 3.8) is 0 Å². The van der Waals surface area contributed by atoms with Crippen LogP contribution in [0.15, 0.2) is 30.6 Å². The molecule has 1 heterocycles. The molecule has 1 atom stereocenters. The van der Waals surface area contributed by atoms with Gasteiger partial charge in [0.1, 0.15) is 5.69 Å². The lowest BCUT2D eigenvalue weighted by molar-refractivity contribution is 0.349. The van der Waals surface area contributed by atoms with Gasteiger partial charge < -0.3 is 19.9 Å². The highest BCUT2D eigenvalue weighted by Crippen LogP contribution is 2.36. The maximum Gasteiger partial charge on any atom is 0.237 e. The van der Waals surface area contributed by atoms with Crippen LogP contribution in [0.3, 0.4) is 0 Å². The van der Waals surface area contributed by atoms with Crippen LogP contribution < -0.4 is 19.9 Å². The maximum absolute atomic E-state index is 6.27. The summed E-state index contributed by atoms with van der Waals surface area (Å²) in [6, 6.07) is 4.99. The largest absolute Gasteiger partial charge is 0.493 e. The smallest absolute Gasteiger partial charge is 0.237 e. The Kier molecular flexibility index (Phi) is 4.37. The predicted octanol–water partition coefficient (Wildman–Crippen LogP) is 1.55. The molecule has 2 N–H and O–H groups in total. The summed E-state index contributed by atoms with van der Waals surface area (Å²) in [4.78, 5) is 8.35. The molecule has 0 saturated carbocycles. The highest BCUT2D eigenvalue weighted by molar-refractivity contribution is 5.50. The fourth-order valence-corrected chi connectivity index (χ4v) is 2.01. The van der Waals surface area contributed by atoms with Gasteiger partial charge in [0, 0.05) is 18.0 Å². The van der Waals surface area contributed by atoms with Crippen LogP contribution in [0.5, 0.6) is 17.4 Å². The van der Waals surface area contributed by atoms with Crippen molar-refractivity contribution in [3.05, 3.63) is 41.9 Å². The van der Waals surface area contributed by atoms with Gasteiger partial charge in [-0.2, -0.15) is 0 Å². The number of hydrogen-bond acceptors (Lipinski definition) is 6. The molecule has 0 saturated heterocycles. The van der Waals surface area contributed by atoms with E-state index in [1.54, 1.807) is 26.6 Å². The van der Waals surface area contributed by atoms with Gasteiger partial charge in [-0.05, 0) is 6.07 Å². The Morgan fingerprint density at radius 2 is 1.75 bits per heavy atom. The quantitative estimate of drug-likeness (QED) is 0.891. The second kappa shape index (κ2) is 6.21. The molecule has 1 unspecified atom stereocenters. The van der Waals surface area contributed by atoms with Crippen LogP contribution in [-0.4, -0.2) is 31.3 Å². The number of methoxy groups -OCH3 is 3. The van der Waals surface area contributed by atoms with Crippen LogP contribution in [0.25, 0.3) is 0 Å². The molecule has 0 aliphatic rings. The third-order valence-electron chi connectivity index (χ3n) is 2.95. The monoisotopic (exact) mass is 275 g/mol. The van der Waals surface area contributed by atoms with Gasteiger partial charge in [-0.1, -0.05) is 12.1 Å². The summed E-state index contributed by atoms with van der Waals surface area (Å²) in [5, 5.41) is 0. The zero-order valence-electron chi connectivity index (χ0n) is 11.7. The van der Waals surface area contributed by atoms with Crippen LogP contribution in [0.2, 0.25) is 0 Å². The van der Waals surface area contributed by atoms with Crippen molar-refractivity contribution in [1.82, 2.24) is 9.97 Å². The van der Waals surface area contributed by atoms with Crippen molar-refractivity contribution >= 4 is 0 Å². The van der Waals surface area contributed by atoms with Crippen molar-refractivity contribution in [3.8, 4) is 17.4 Å². The van der Waals surface area contributed by atoms with E-state index in [1.165, 1.54) is 7.11 Å². The van der Waals surface area contributed by atoms with E-state index in [0.717, 1.165) is 5.56 Å². The molecule has 1 aromatic carbocycles. The number of para-hydroxylation sites is 1. The summed E-state index contributed by atoms with van der Waals surface area (Å²) in [6.07, 6.45) is 3.13. The van der Waals surface area contributed by atoms with Gasteiger partial charge >= 0.3 is 0 Å². The minimum absolute atomic E-state index is 0.393. The normalized spacial score (nSPS) is 11.8. The third kappa shape index (κ3) is 2.50. The van der Waals surface area contributed by atoms with Crippen molar-refractivity contribution < 1.29 is 14.2 Å². The number of rotatable bonds is 5. The molecule has 2 aromatic rings. The van der Waals surface area contributed by atoms with Crippen molar-refractivity contribution in [2.45, 2.75) is 6.04 Å². The molecular weight excluding hydrogens is 258 g/mol. The lowest BCUT2D eigenvalue weighted by Crippen LogP contribution is -2.16. The molecular formula is C14H17N3O3. The Hall–Kier alpha value is -2.34. The second-order valence-corrected chi connectivity index (χ2v) is 4.01. The summed E-state index contributed by atoms with van der Waals surface area (Å²) in [5.74, 6) is 1.59. The fraction of sp³-hybridized carbons (Fsp3) is 0.286. The third-order valence-corrected chi connectivity index (χ3v) is 2.95. The Bertz CT molecular complexity index is 590. The molecule has 1 aromatic heterocycles. The fourth-order valence-electron chi connectivity index (χ4n) is 2.01. The van der Waals surface area contributed by atoms with E-state index >= 15 is 0 Å². The molecule has 0 spiro atoms. The number of benzene rings is 1. The maximum atomic E-state index is 6.27. The molecule has 2 rings (SSSR count). The van der Waals surface area contributed by atoms with Gasteiger partial charge in [-0.3, -0.25) is 4.98 Å². The van der Waals surface area contributed by atoms with Crippen LogP contribution in [0.1, 0.15) is 17.3 Å². The first-order valence-electron chi connectivity index (χ1n) is 6.04. The second-order valence-electron chi connectivity index (χ2n) is 4.01. The predicted molar refractivity (Wildman–Crippen MR) is 74.2 cm³/mol. The Balaban J connectivity index is 2.50. The standard InChI is InChI=1S/C14H17N3O3/c1-18-10-6-4-5-9(13(10)19-2)11(15)12-14(20-3)17-8-7-16-12/h4-8,11H,15H2,1-3H3. The topological polar surface area (TPSA) is 79.5 Å². The summed E-state index contributed by atoms with van der Waals surface area (Å²) in [6.45, 7) is 0. The number of ether oxygens (including phenoxy) is 3. The molecule has 0 fully saturated rings. The van der Waals surface area contributed by atoms with Crippen LogP contribution in [0, 0.1) is 0 Å². The molecule has 0 aliphatic heterocycles. The van der Waals surface area contributed by atoms with Gasteiger partial charge in [-0.15, -0.1) is 0 Å². The van der Waals surface area contributed by atoms with E-state index in [1.807, 2.05) is 18.2 Å². The van der Waals surface area contributed by atoms with E-state index < -0.39 is 6.04 Å². The first kappa shape index (κ1) is 14.1. The van der Waals surface area contributed by atoms with E-state index in [9.17, 15) is 0 Å². The average molecular weight is 275 g/mol. The van der Waals surface area contributed by atoms with E-state index in [0.29, 0.717) is 23.1 Å². The zero-order chi connectivity index (χ0) is 14.5. The Morgan fingerprint density at radius 3 is 2.40 bits per heavy atom.